The lowest BCUT2D eigenvalue weighted by Gasteiger charge is -2.22. The molecule has 1 aliphatic heterocycles. The Balaban J connectivity index is 1.76. The van der Waals surface area contributed by atoms with E-state index in [2.05, 4.69) is 34.8 Å². The number of carbonyl (C=O) groups excluding carboxylic acids is 2. The van der Waals surface area contributed by atoms with Crippen LogP contribution in [0.5, 0.6) is 0 Å². The summed E-state index contributed by atoms with van der Waals surface area (Å²) in [5.74, 6) is 0.203. The second-order valence-electron chi connectivity index (χ2n) is 7.00. The van der Waals surface area contributed by atoms with Gasteiger partial charge in [-0.25, -0.2) is 4.99 Å². The monoisotopic (exact) mass is 364 g/mol. The molecule has 0 aromatic heterocycles. The number of rotatable bonds is 5. The number of para-hydroxylation sites is 2. The molecule has 0 bridgehead atoms. The van der Waals surface area contributed by atoms with E-state index in [4.69, 9.17) is 0 Å². The van der Waals surface area contributed by atoms with Gasteiger partial charge < -0.3 is 5.32 Å². The van der Waals surface area contributed by atoms with Crippen molar-refractivity contribution in [1.29, 1.82) is 0 Å². The third kappa shape index (κ3) is 5.17. The van der Waals surface area contributed by atoms with Crippen molar-refractivity contribution in [3.63, 3.8) is 0 Å². The quantitative estimate of drug-likeness (QED) is 0.760. The molecule has 0 saturated heterocycles. The van der Waals surface area contributed by atoms with E-state index in [9.17, 15) is 9.59 Å². The summed E-state index contributed by atoms with van der Waals surface area (Å²) in [6, 6.07) is 16.8. The van der Waals surface area contributed by atoms with E-state index in [1.54, 1.807) is 12.1 Å². The maximum atomic E-state index is 12.8. The van der Waals surface area contributed by atoms with Gasteiger partial charge >= 0.3 is 0 Å². The molecule has 0 spiro atoms. The fourth-order valence-corrected chi connectivity index (χ4v) is 3.04. The summed E-state index contributed by atoms with van der Waals surface area (Å²) < 4.78 is 0. The lowest BCUT2D eigenvalue weighted by atomic mass is 10.0. The van der Waals surface area contributed by atoms with Crippen LogP contribution in [0.4, 0.5) is 11.4 Å². The maximum absolute atomic E-state index is 12.8. The Bertz CT molecular complexity index is 846. The van der Waals surface area contributed by atoms with E-state index >= 15 is 0 Å². The molecule has 0 fully saturated rings. The van der Waals surface area contributed by atoms with Gasteiger partial charge in [-0.05, 0) is 36.6 Å². The fourth-order valence-electron chi connectivity index (χ4n) is 3.04. The van der Waals surface area contributed by atoms with E-state index in [1.165, 1.54) is 0 Å². The molecular weight excluding hydrogens is 340 g/mol. The number of carbonyl (C=O) groups is 2. The van der Waals surface area contributed by atoms with Crippen molar-refractivity contribution < 1.29 is 9.59 Å². The second kappa shape index (κ2) is 8.49. The van der Waals surface area contributed by atoms with Crippen LogP contribution in [0.15, 0.2) is 59.6 Å². The third-order valence-electron chi connectivity index (χ3n) is 4.19. The average molecular weight is 364 g/mol. The largest absolute Gasteiger partial charge is 0.355 e. The minimum atomic E-state index is -0.321. The molecule has 3 N–H and O–H groups in total. The Hall–Kier alpha value is -3.15. The number of nitrogens with zero attached hydrogens (tertiary/aromatic N) is 1. The SMILES string of the molecule is CC(C)C[C@@H]1CC(=O)NC(NC(=O)c2ccccc2Nc2ccccc2)=N1. The Labute approximate surface area is 159 Å². The Morgan fingerprint density at radius 3 is 2.59 bits per heavy atom. The lowest BCUT2D eigenvalue weighted by Crippen LogP contribution is -2.48. The predicted molar refractivity (Wildman–Crippen MR) is 107 cm³/mol. The van der Waals surface area contributed by atoms with E-state index < -0.39 is 0 Å². The highest BCUT2D eigenvalue weighted by Crippen LogP contribution is 2.21. The number of hydrogen-bond acceptors (Lipinski definition) is 4. The van der Waals surface area contributed by atoms with Gasteiger partial charge in [-0.3, -0.25) is 20.2 Å². The topological polar surface area (TPSA) is 82.6 Å². The summed E-state index contributed by atoms with van der Waals surface area (Å²) in [5, 5.41) is 8.63. The molecule has 1 aliphatic rings. The molecule has 27 heavy (non-hydrogen) atoms. The zero-order valence-corrected chi connectivity index (χ0v) is 15.5. The third-order valence-corrected chi connectivity index (χ3v) is 4.19. The van der Waals surface area contributed by atoms with Crippen LogP contribution in [-0.2, 0) is 4.79 Å². The van der Waals surface area contributed by atoms with Crippen LogP contribution in [0.1, 0.15) is 37.0 Å². The van der Waals surface area contributed by atoms with Gasteiger partial charge in [0.25, 0.3) is 5.91 Å². The lowest BCUT2D eigenvalue weighted by molar-refractivity contribution is -0.120. The predicted octanol–water partition coefficient (Wildman–Crippen LogP) is 3.45. The zero-order chi connectivity index (χ0) is 19.2. The minimum absolute atomic E-state index is 0.105. The fraction of sp³-hybridized carbons (Fsp3) is 0.286. The molecular formula is C21H24N4O2. The van der Waals surface area contributed by atoms with Gasteiger partial charge in [-0.2, -0.15) is 0 Å². The minimum Gasteiger partial charge on any atom is -0.355 e. The van der Waals surface area contributed by atoms with Gasteiger partial charge in [0.15, 0.2) is 0 Å². The van der Waals surface area contributed by atoms with Crippen molar-refractivity contribution in [2.45, 2.75) is 32.7 Å². The molecule has 0 aliphatic carbocycles. The molecule has 2 aromatic carbocycles. The van der Waals surface area contributed by atoms with Crippen molar-refractivity contribution in [3.8, 4) is 0 Å². The van der Waals surface area contributed by atoms with E-state index in [0.717, 1.165) is 12.1 Å². The Morgan fingerprint density at radius 1 is 1.15 bits per heavy atom. The summed E-state index contributed by atoms with van der Waals surface area (Å²) in [6.07, 6.45) is 1.16. The van der Waals surface area contributed by atoms with Crippen LogP contribution in [0.3, 0.4) is 0 Å². The number of nitrogens with one attached hydrogen (secondary N) is 3. The van der Waals surface area contributed by atoms with Crippen LogP contribution in [0.2, 0.25) is 0 Å². The van der Waals surface area contributed by atoms with Crippen molar-refractivity contribution in [2.75, 3.05) is 5.32 Å². The van der Waals surface area contributed by atoms with Crippen molar-refractivity contribution >= 4 is 29.1 Å². The first-order chi connectivity index (χ1) is 13.0. The van der Waals surface area contributed by atoms with Gasteiger partial charge in [0, 0.05) is 12.1 Å². The Morgan fingerprint density at radius 2 is 1.85 bits per heavy atom. The highest BCUT2D eigenvalue weighted by Gasteiger charge is 2.23. The summed E-state index contributed by atoms with van der Waals surface area (Å²) in [5.41, 5.74) is 2.05. The molecule has 0 unspecified atom stereocenters. The maximum Gasteiger partial charge on any atom is 0.260 e. The number of guanidine groups is 1. The van der Waals surface area contributed by atoms with Gasteiger partial charge in [0.05, 0.1) is 17.3 Å². The highest BCUT2D eigenvalue weighted by atomic mass is 16.2. The van der Waals surface area contributed by atoms with Crippen LogP contribution in [0, 0.1) is 5.92 Å². The molecule has 0 radical (unpaired) electrons. The molecule has 6 nitrogen and oxygen atoms in total. The normalized spacial score (nSPS) is 16.5. The number of aliphatic imine (C=N–C) groups is 1. The first kappa shape index (κ1) is 18.6. The number of amides is 2. The molecule has 0 saturated carbocycles. The Kier molecular flexibility index (Phi) is 5.86. The second-order valence-corrected chi connectivity index (χ2v) is 7.00. The molecule has 140 valence electrons. The van der Waals surface area contributed by atoms with Crippen molar-refractivity contribution in [2.24, 2.45) is 10.9 Å². The van der Waals surface area contributed by atoms with Crippen molar-refractivity contribution in [3.05, 3.63) is 60.2 Å². The number of hydrogen-bond donors (Lipinski definition) is 3. The highest BCUT2D eigenvalue weighted by molar-refractivity contribution is 6.12. The van der Waals surface area contributed by atoms with Gasteiger partial charge in [0.1, 0.15) is 0 Å². The molecule has 1 atom stereocenters. The molecule has 2 amide bonds. The summed E-state index contributed by atoms with van der Waals surface area (Å²) in [7, 11) is 0. The first-order valence-corrected chi connectivity index (χ1v) is 9.11. The van der Waals surface area contributed by atoms with Crippen LogP contribution in [-0.4, -0.2) is 23.8 Å². The van der Waals surface area contributed by atoms with Crippen LogP contribution >= 0.6 is 0 Å². The summed E-state index contributed by atoms with van der Waals surface area (Å²) >= 11 is 0. The van der Waals surface area contributed by atoms with Gasteiger partial charge in [0.2, 0.25) is 11.9 Å². The molecule has 6 heteroatoms. The standard InChI is InChI=1S/C21H24N4O2/c1-14(2)12-16-13-19(26)24-21(23-16)25-20(27)17-10-6-7-11-18(17)22-15-8-4-3-5-9-15/h3-11,14,16,22H,12-13H2,1-2H3,(H2,23,24,25,26,27)/t16-/m1/s1. The van der Waals surface area contributed by atoms with Crippen molar-refractivity contribution in [1.82, 2.24) is 10.6 Å². The average Bonchev–Trinajstić information content (AvgIpc) is 2.62. The van der Waals surface area contributed by atoms with E-state index in [0.29, 0.717) is 23.6 Å². The molecule has 3 rings (SSSR count). The zero-order valence-electron chi connectivity index (χ0n) is 15.5. The summed E-state index contributed by atoms with van der Waals surface area (Å²) in [6.45, 7) is 4.18. The molecule has 1 heterocycles. The number of anilines is 2. The number of benzene rings is 2. The van der Waals surface area contributed by atoms with Gasteiger partial charge in [-0.1, -0.05) is 44.2 Å². The van der Waals surface area contributed by atoms with Crippen LogP contribution < -0.4 is 16.0 Å². The van der Waals surface area contributed by atoms with E-state index in [1.807, 2.05) is 42.5 Å². The smallest absolute Gasteiger partial charge is 0.260 e. The molecule has 2 aromatic rings. The van der Waals surface area contributed by atoms with E-state index in [-0.39, 0.29) is 23.8 Å². The van der Waals surface area contributed by atoms with Gasteiger partial charge in [-0.15, -0.1) is 0 Å². The summed E-state index contributed by atoms with van der Waals surface area (Å²) in [4.78, 5) is 29.2. The van der Waals surface area contributed by atoms with Crippen LogP contribution in [0.25, 0.3) is 0 Å². The first-order valence-electron chi connectivity index (χ1n) is 9.11.